The third kappa shape index (κ3) is 2.90. The predicted molar refractivity (Wildman–Crippen MR) is 64.2 cm³/mol. The van der Waals surface area contributed by atoms with Crippen molar-refractivity contribution in [3.8, 4) is 0 Å². The van der Waals surface area contributed by atoms with Gasteiger partial charge in [-0.05, 0) is 25.5 Å². The first kappa shape index (κ1) is 12.6. The summed E-state index contributed by atoms with van der Waals surface area (Å²) in [5.74, 6) is -0.301. The first-order valence-corrected chi connectivity index (χ1v) is 7.11. The minimum atomic E-state index is -1.02. The summed E-state index contributed by atoms with van der Waals surface area (Å²) in [6.07, 6.45) is 0.763. The highest BCUT2D eigenvalue weighted by atomic mass is 32.2. The Morgan fingerprint density at radius 2 is 2.00 bits per heavy atom. The van der Waals surface area contributed by atoms with Crippen LogP contribution in [0.1, 0.15) is 24.9 Å². The van der Waals surface area contributed by atoms with Crippen LogP contribution in [-0.4, -0.2) is 21.8 Å². The highest BCUT2D eigenvalue weighted by Crippen LogP contribution is 2.24. The van der Waals surface area contributed by atoms with E-state index in [0.717, 1.165) is 6.42 Å². The lowest BCUT2D eigenvalue weighted by atomic mass is 10.1. The molecule has 1 N–H and O–H groups in total. The average molecular weight is 259 g/mol. The molecule has 1 aromatic carbocycles. The summed E-state index contributed by atoms with van der Waals surface area (Å²) in [5, 5.41) is 3.13. The number of hydrogen-bond donors (Lipinski definition) is 1. The monoisotopic (exact) mass is 259 g/mol. The summed E-state index contributed by atoms with van der Waals surface area (Å²) in [6, 6.07) is 3.42. The quantitative estimate of drug-likeness (QED) is 0.837. The third-order valence-corrected chi connectivity index (χ3v) is 4.36. The van der Waals surface area contributed by atoms with Crippen molar-refractivity contribution in [1.82, 2.24) is 5.32 Å². The van der Waals surface area contributed by atoms with Crippen molar-refractivity contribution < 1.29 is 13.0 Å². The molecule has 0 amide bonds. The van der Waals surface area contributed by atoms with Gasteiger partial charge in [-0.2, -0.15) is 0 Å². The van der Waals surface area contributed by atoms with E-state index in [9.17, 15) is 13.0 Å². The van der Waals surface area contributed by atoms with E-state index in [1.54, 1.807) is 0 Å². The van der Waals surface area contributed by atoms with Crippen LogP contribution < -0.4 is 5.32 Å². The van der Waals surface area contributed by atoms with Gasteiger partial charge in [-0.25, -0.2) is 8.78 Å². The van der Waals surface area contributed by atoms with E-state index < -0.39 is 28.5 Å². The zero-order chi connectivity index (χ0) is 12.4. The van der Waals surface area contributed by atoms with Crippen molar-refractivity contribution >= 4 is 10.8 Å². The molecule has 0 aromatic heterocycles. The standard InChI is InChI=1S/C12H15F2NOS/c1-8-5-6-17(16)7-11(15-8)12-9(13)3-2-4-10(12)14/h2-4,8,11,15H,5-7H2,1H3. The molecule has 1 fully saturated rings. The van der Waals surface area contributed by atoms with Gasteiger partial charge in [0.05, 0.1) is 0 Å². The van der Waals surface area contributed by atoms with E-state index in [1.165, 1.54) is 18.2 Å². The molecule has 1 aliphatic rings. The van der Waals surface area contributed by atoms with Crippen molar-refractivity contribution in [2.45, 2.75) is 25.4 Å². The van der Waals surface area contributed by atoms with Gasteiger partial charge in [-0.15, -0.1) is 0 Å². The van der Waals surface area contributed by atoms with Crippen LogP contribution in [0.4, 0.5) is 8.78 Å². The van der Waals surface area contributed by atoms with Gasteiger partial charge in [0.1, 0.15) is 11.6 Å². The Balaban J connectivity index is 2.34. The van der Waals surface area contributed by atoms with Crippen LogP contribution >= 0.6 is 0 Å². The molecule has 1 saturated heterocycles. The molecule has 0 spiro atoms. The fourth-order valence-electron chi connectivity index (χ4n) is 2.06. The van der Waals surface area contributed by atoms with Gasteiger partial charge in [0.2, 0.25) is 0 Å². The fraction of sp³-hybridized carbons (Fsp3) is 0.500. The molecule has 0 saturated carbocycles. The number of hydrogen-bond acceptors (Lipinski definition) is 2. The van der Waals surface area contributed by atoms with Gasteiger partial charge in [0.15, 0.2) is 0 Å². The number of rotatable bonds is 1. The van der Waals surface area contributed by atoms with E-state index in [4.69, 9.17) is 0 Å². The van der Waals surface area contributed by atoms with E-state index in [-0.39, 0.29) is 17.4 Å². The first-order chi connectivity index (χ1) is 8.08. The van der Waals surface area contributed by atoms with E-state index in [2.05, 4.69) is 5.32 Å². The molecule has 0 aliphatic carbocycles. The molecule has 0 bridgehead atoms. The van der Waals surface area contributed by atoms with Gasteiger partial charge >= 0.3 is 0 Å². The summed E-state index contributed by atoms with van der Waals surface area (Å²) in [7, 11) is -1.02. The van der Waals surface area contributed by atoms with Crippen molar-refractivity contribution in [3.63, 3.8) is 0 Å². The summed E-state index contributed by atoms with van der Waals surface area (Å²) >= 11 is 0. The van der Waals surface area contributed by atoms with Gasteiger partial charge in [-0.3, -0.25) is 4.21 Å². The highest BCUT2D eigenvalue weighted by molar-refractivity contribution is 7.85. The second kappa shape index (κ2) is 5.23. The summed E-state index contributed by atoms with van der Waals surface area (Å²) < 4.78 is 38.9. The Hall–Kier alpha value is -0.810. The lowest BCUT2D eigenvalue weighted by Crippen LogP contribution is -2.31. The van der Waals surface area contributed by atoms with Gasteiger partial charge in [0.25, 0.3) is 0 Å². The Labute approximate surface area is 102 Å². The average Bonchev–Trinajstić information content (AvgIpc) is 2.40. The predicted octanol–water partition coefficient (Wildman–Crippen LogP) is 2.14. The van der Waals surface area contributed by atoms with Crippen molar-refractivity contribution in [2.75, 3.05) is 11.5 Å². The Morgan fingerprint density at radius 1 is 1.35 bits per heavy atom. The van der Waals surface area contributed by atoms with Crippen molar-refractivity contribution in [2.24, 2.45) is 0 Å². The molecule has 17 heavy (non-hydrogen) atoms. The molecule has 2 nitrogen and oxygen atoms in total. The minimum absolute atomic E-state index is 0.00889. The van der Waals surface area contributed by atoms with Crippen LogP contribution in [0.15, 0.2) is 18.2 Å². The number of halogens is 2. The smallest absolute Gasteiger partial charge is 0.130 e. The molecular formula is C12H15F2NOS. The Bertz CT molecular complexity index is 418. The second-order valence-electron chi connectivity index (χ2n) is 4.35. The lowest BCUT2D eigenvalue weighted by molar-refractivity contribution is 0.447. The molecule has 5 heteroatoms. The summed E-state index contributed by atoms with van der Waals surface area (Å²) in [4.78, 5) is 0. The second-order valence-corrected chi connectivity index (χ2v) is 5.98. The molecule has 3 atom stereocenters. The maximum Gasteiger partial charge on any atom is 0.130 e. The molecule has 94 valence electrons. The fourth-order valence-corrected chi connectivity index (χ4v) is 3.48. The molecule has 3 unspecified atom stereocenters. The lowest BCUT2D eigenvalue weighted by Gasteiger charge is -2.20. The Morgan fingerprint density at radius 3 is 2.65 bits per heavy atom. The van der Waals surface area contributed by atoms with Gasteiger partial charge in [0, 0.05) is 40.0 Å². The van der Waals surface area contributed by atoms with Crippen LogP contribution in [0, 0.1) is 11.6 Å². The normalized spacial score (nSPS) is 29.9. The van der Waals surface area contributed by atoms with E-state index >= 15 is 0 Å². The van der Waals surface area contributed by atoms with Crippen LogP contribution in [-0.2, 0) is 10.8 Å². The van der Waals surface area contributed by atoms with Crippen molar-refractivity contribution in [3.05, 3.63) is 35.4 Å². The van der Waals surface area contributed by atoms with Crippen molar-refractivity contribution in [1.29, 1.82) is 0 Å². The van der Waals surface area contributed by atoms with Crippen LogP contribution in [0.5, 0.6) is 0 Å². The van der Waals surface area contributed by atoms with E-state index in [1.807, 2.05) is 6.92 Å². The molecule has 2 rings (SSSR count). The molecule has 1 aromatic rings. The number of benzene rings is 1. The third-order valence-electron chi connectivity index (χ3n) is 2.96. The largest absolute Gasteiger partial charge is 0.306 e. The topological polar surface area (TPSA) is 29.1 Å². The summed E-state index contributed by atoms with van der Waals surface area (Å²) in [6.45, 7) is 1.94. The molecule has 1 heterocycles. The molecule has 1 aliphatic heterocycles. The first-order valence-electron chi connectivity index (χ1n) is 5.63. The van der Waals surface area contributed by atoms with E-state index in [0.29, 0.717) is 5.75 Å². The van der Waals surface area contributed by atoms with Crippen LogP contribution in [0.3, 0.4) is 0 Å². The SMILES string of the molecule is CC1CCS(=O)CC(c2c(F)cccc2F)N1. The van der Waals surface area contributed by atoms with Crippen LogP contribution in [0.25, 0.3) is 0 Å². The Kier molecular flexibility index (Phi) is 3.89. The zero-order valence-electron chi connectivity index (χ0n) is 9.58. The maximum absolute atomic E-state index is 13.6. The van der Waals surface area contributed by atoms with Gasteiger partial charge < -0.3 is 5.32 Å². The van der Waals surface area contributed by atoms with Crippen LogP contribution in [0.2, 0.25) is 0 Å². The minimum Gasteiger partial charge on any atom is -0.306 e. The highest BCUT2D eigenvalue weighted by Gasteiger charge is 2.26. The summed E-state index contributed by atoms with van der Waals surface area (Å²) in [5.41, 5.74) is 0.00889. The zero-order valence-corrected chi connectivity index (χ0v) is 10.4. The molecule has 0 radical (unpaired) electrons. The number of nitrogens with one attached hydrogen (secondary N) is 1. The maximum atomic E-state index is 13.6. The molecular weight excluding hydrogens is 244 g/mol. The van der Waals surface area contributed by atoms with Gasteiger partial charge in [-0.1, -0.05) is 6.07 Å².